The highest BCUT2D eigenvalue weighted by Crippen LogP contribution is 1.80. The second kappa shape index (κ2) is 6.07. The highest BCUT2D eigenvalue weighted by atomic mass is 19.1. The molecule has 0 bridgehead atoms. The summed E-state index contributed by atoms with van der Waals surface area (Å²) >= 11 is 0. The second-order valence-electron chi connectivity index (χ2n) is 1.39. The van der Waals surface area contributed by atoms with Crippen molar-refractivity contribution in [2.75, 3.05) is 20.4 Å². The zero-order valence-corrected chi connectivity index (χ0v) is 5.67. The molecule has 0 aliphatic heterocycles. The van der Waals surface area contributed by atoms with Gasteiger partial charge in [-0.1, -0.05) is 0 Å². The van der Waals surface area contributed by atoms with Crippen LogP contribution >= 0.6 is 0 Å². The smallest absolute Gasteiger partial charge is 0.333 e. The summed E-state index contributed by atoms with van der Waals surface area (Å²) in [6.45, 7) is -0.598. The van der Waals surface area contributed by atoms with Gasteiger partial charge in [-0.15, -0.1) is 0 Å². The zero-order chi connectivity index (χ0) is 7.82. The van der Waals surface area contributed by atoms with Crippen molar-refractivity contribution in [1.29, 1.82) is 0 Å². The maximum atomic E-state index is 11.3. The molecule has 0 heterocycles. The first-order valence-corrected chi connectivity index (χ1v) is 2.73. The first kappa shape index (κ1) is 8.94. The summed E-state index contributed by atoms with van der Waals surface area (Å²) in [4.78, 5) is 10.3. The predicted molar refractivity (Wildman–Crippen MR) is 33.1 cm³/mol. The molecule has 0 amide bonds. The molecule has 0 N–H and O–H groups in total. The molecule has 0 aromatic carbocycles. The lowest BCUT2D eigenvalue weighted by atomic mass is 10.6. The Morgan fingerprint density at radius 1 is 1.70 bits per heavy atom. The number of alkyl halides is 1. The normalized spacial score (nSPS) is 9.80. The third-order valence-corrected chi connectivity index (χ3v) is 0.697. The van der Waals surface area contributed by atoms with Crippen LogP contribution in [-0.4, -0.2) is 26.4 Å². The summed E-state index contributed by atoms with van der Waals surface area (Å²) in [5.74, 6) is -0.515. The van der Waals surface area contributed by atoms with E-state index < -0.39 is 12.6 Å². The molecule has 0 aliphatic carbocycles. The molecule has 0 unspecified atom stereocenters. The van der Waals surface area contributed by atoms with Crippen LogP contribution in [0.4, 0.5) is 4.39 Å². The van der Waals surface area contributed by atoms with Gasteiger partial charge in [0.1, 0.15) is 13.3 Å². The molecule has 0 aliphatic rings. The maximum Gasteiger partial charge on any atom is 0.333 e. The first-order chi connectivity index (χ1) is 4.81. The van der Waals surface area contributed by atoms with E-state index in [2.05, 4.69) is 9.47 Å². The Kier molecular flexibility index (Phi) is 5.42. The number of hydrogen-bond donors (Lipinski definition) is 0. The van der Waals surface area contributed by atoms with Crippen LogP contribution in [0, 0.1) is 0 Å². The van der Waals surface area contributed by atoms with Crippen LogP contribution in [0.2, 0.25) is 0 Å². The lowest BCUT2D eigenvalue weighted by Gasteiger charge is -1.92. The van der Waals surface area contributed by atoms with Crippen molar-refractivity contribution in [2.24, 2.45) is 0 Å². The van der Waals surface area contributed by atoms with Crippen molar-refractivity contribution in [1.82, 2.24) is 0 Å². The molecule has 0 radical (unpaired) electrons. The van der Waals surface area contributed by atoms with Crippen LogP contribution in [0.3, 0.4) is 0 Å². The van der Waals surface area contributed by atoms with Crippen molar-refractivity contribution in [3.8, 4) is 0 Å². The fraction of sp³-hybridized carbons (Fsp3) is 0.500. The first-order valence-electron chi connectivity index (χ1n) is 2.73. The quantitative estimate of drug-likeness (QED) is 0.254. The van der Waals surface area contributed by atoms with Crippen LogP contribution in [0.15, 0.2) is 12.3 Å². The molecule has 0 saturated heterocycles. The lowest BCUT2D eigenvalue weighted by molar-refractivity contribution is -0.135. The van der Waals surface area contributed by atoms with E-state index in [1.54, 1.807) is 0 Å². The van der Waals surface area contributed by atoms with Gasteiger partial charge >= 0.3 is 5.97 Å². The van der Waals surface area contributed by atoms with Crippen molar-refractivity contribution < 1.29 is 18.7 Å². The van der Waals surface area contributed by atoms with E-state index in [1.165, 1.54) is 7.11 Å². The Labute approximate surface area is 58.4 Å². The molecule has 0 atom stereocenters. The molecule has 4 heteroatoms. The fourth-order valence-electron chi connectivity index (χ4n) is 0.284. The second-order valence-corrected chi connectivity index (χ2v) is 1.39. The number of carbonyl (C=O) groups is 1. The highest BCUT2D eigenvalue weighted by Gasteiger charge is 1.88. The van der Waals surface area contributed by atoms with Crippen molar-refractivity contribution in [3.05, 3.63) is 12.3 Å². The van der Waals surface area contributed by atoms with E-state index in [4.69, 9.17) is 0 Å². The standard InChI is InChI=1S/C6H9FO3/c1-9-6(8)2-4-10-5-3-7/h2,4H,3,5H2,1H3/b4-2+. The largest absolute Gasteiger partial charge is 0.498 e. The number of rotatable bonds is 4. The number of halogens is 1. The van der Waals surface area contributed by atoms with Gasteiger partial charge in [0.05, 0.1) is 19.4 Å². The fourth-order valence-corrected chi connectivity index (χ4v) is 0.284. The van der Waals surface area contributed by atoms with Crippen molar-refractivity contribution >= 4 is 5.97 Å². The molecule has 10 heavy (non-hydrogen) atoms. The lowest BCUT2D eigenvalue weighted by Crippen LogP contribution is -1.95. The predicted octanol–water partition coefficient (Wildman–Crippen LogP) is 0.659. The van der Waals surface area contributed by atoms with E-state index in [1.807, 2.05) is 0 Å². The third-order valence-electron chi connectivity index (χ3n) is 0.697. The summed E-state index contributed by atoms with van der Waals surface area (Å²) in [7, 11) is 1.25. The van der Waals surface area contributed by atoms with Crippen LogP contribution in [-0.2, 0) is 14.3 Å². The maximum absolute atomic E-state index is 11.3. The Hall–Kier alpha value is -1.06. The van der Waals surface area contributed by atoms with Crippen LogP contribution in [0.5, 0.6) is 0 Å². The number of methoxy groups -OCH3 is 1. The number of carbonyl (C=O) groups excluding carboxylic acids is 1. The van der Waals surface area contributed by atoms with E-state index >= 15 is 0 Å². The number of hydrogen-bond acceptors (Lipinski definition) is 3. The summed E-state index contributed by atoms with van der Waals surface area (Å²) < 4.78 is 20.1. The minimum Gasteiger partial charge on any atom is -0.498 e. The van der Waals surface area contributed by atoms with E-state index in [0.717, 1.165) is 12.3 Å². The topological polar surface area (TPSA) is 35.5 Å². The summed E-state index contributed by atoms with van der Waals surface area (Å²) in [6.07, 6.45) is 2.18. The Morgan fingerprint density at radius 2 is 2.40 bits per heavy atom. The van der Waals surface area contributed by atoms with Crippen LogP contribution in [0.1, 0.15) is 0 Å². The Bertz CT molecular complexity index is 122. The van der Waals surface area contributed by atoms with E-state index in [-0.39, 0.29) is 6.61 Å². The monoisotopic (exact) mass is 148 g/mol. The zero-order valence-electron chi connectivity index (χ0n) is 5.67. The number of ether oxygens (including phenoxy) is 2. The van der Waals surface area contributed by atoms with Gasteiger partial charge in [-0.3, -0.25) is 0 Å². The van der Waals surface area contributed by atoms with Gasteiger partial charge in [-0.05, 0) is 0 Å². The summed E-state index contributed by atoms with van der Waals surface area (Å²) in [5, 5.41) is 0. The Balaban J connectivity index is 3.27. The highest BCUT2D eigenvalue weighted by molar-refractivity contribution is 5.81. The van der Waals surface area contributed by atoms with Gasteiger partial charge in [0.2, 0.25) is 0 Å². The third kappa shape index (κ3) is 5.08. The SMILES string of the molecule is COC(=O)/C=C/OCCF. The molecule has 3 nitrogen and oxygen atoms in total. The molecule has 0 saturated carbocycles. The van der Waals surface area contributed by atoms with Crippen LogP contribution < -0.4 is 0 Å². The molecular formula is C6H9FO3. The van der Waals surface area contributed by atoms with Crippen molar-refractivity contribution in [3.63, 3.8) is 0 Å². The summed E-state index contributed by atoms with van der Waals surface area (Å²) in [5.41, 5.74) is 0. The van der Waals surface area contributed by atoms with Gasteiger partial charge in [-0.2, -0.15) is 0 Å². The van der Waals surface area contributed by atoms with Gasteiger partial charge in [-0.25, -0.2) is 9.18 Å². The minimum atomic E-state index is -0.564. The molecule has 0 spiro atoms. The molecule has 0 fully saturated rings. The average Bonchev–Trinajstić information content (AvgIpc) is 1.98. The molecule has 0 aromatic heterocycles. The molecule has 0 aromatic rings. The summed E-state index contributed by atoms with van der Waals surface area (Å²) in [6, 6.07) is 0. The average molecular weight is 148 g/mol. The number of esters is 1. The van der Waals surface area contributed by atoms with Gasteiger partial charge in [0, 0.05) is 0 Å². The Morgan fingerprint density at radius 3 is 2.90 bits per heavy atom. The van der Waals surface area contributed by atoms with Gasteiger partial charge < -0.3 is 9.47 Å². The van der Waals surface area contributed by atoms with Crippen molar-refractivity contribution in [2.45, 2.75) is 0 Å². The van der Waals surface area contributed by atoms with Gasteiger partial charge in [0.15, 0.2) is 0 Å². The van der Waals surface area contributed by atoms with Gasteiger partial charge in [0.25, 0.3) is 0 Å². The molecule has 0 rings (SSSR count). The van der Waals surface area contributed by atoms with E-state index in [0.29, 0.717) is 0 Å². The molecule has 58 valence electrons. The van der Waals surface area contributed by atoms with E-state index in [9.17, 15) is 9.18 Å². The van der Waals surface area contributed by atoms with Crippen LogP contribution in [0.25, 0.3) is 0 Å². The molecular weight excluding hydrogens is 139 g/mol. The minimum absolute atomic E-state index is 0.0342.